The molecule has 1 aromatic heterocycles. The van der Waals surface area contributed by atoms with Crippen LogP contribution in [0.15, 0.2) is 36.4 Å². The summed E-state index contributed by atoms with van der Waals surface area (Å²) in [5.74, 6) is 5.39. The number of nitrogen functional groups attached to an aromatic ring is 1. The second-order valence-electron chi connectivity index (χ2n) is 4.60. The number of nitrogens with two attached hydrogens (primary N) is 1. The number of hydrazine groups is 1. The Kier molecular flexibility index (Phi) is 4.72. The lowest BCUT2D eigenvalue weighted by molar-refractivity contribution is 0.0735. The zero-order valence-electron chi connectivity index (χ0n) is 11.7. The Bertz CT molecular complexity index is 632. The zero-order valence-corrected chi connectivity index (χ0v) is 12.5. The van der Waals surface area contributed by atoms with Crippen molar-refractivity contribution in [2.75, 3.05) is 12.5 Å². The molecule has 0 radical (unpaired) electrons. The van der Waals surface area contributed by atoms with Crippen molar-refractivity contribution in [2.24, 2.45) is 5.84 Å². The van der Waals surface area contributed by atoms with E-state index >= 15 is 0 Å². The maximum Gasteiger partial charge on any atom is 0.274 e. The lowest BCUT2D eigenvalue weighted by Crippen LogP contribution is -2.30. The molecule has 1 heterocycles. The van der Waals surface area contributed by atoms with Gasteiger partial charge < -0.3 is 10.3 Å². The van der Waals surface area contributed by atoms with Crippen LogP contribution in [0.25, 0.3) is 0 Å². The molecule has 0 bridgehead atoms. The summed E-state index contributed by atoms with van der Waals surface area (Å²) in [6.45, 7) is 1.92. The second kappa shape index (κ2) is 6.51. The van der Waals surface area contributed by atoms with E-state index in [2.05, 4.69) is 15.6 Å². The summed E-state index contributed by atoms with van der Waals surface area (Å²) >= 11 is 5.98. The first-order valence-electron chi connectivity index (χ1n) is 6.36. The minimum absolute atomic E-state index is 0.134. The monoisotopic (exact) mass is 305 g/mol. The van der Waals surface area contributed by atoms with Crippen molar-refractivity contribution >= 4 is 23.3 Å². The third-order valence-corrected chi connectivity index (χ3v) is 3.50. The van der Waals surface area contributed by atoms with Crippen molar-refractivity contribution in [1.29, 1.82) is 0 Å². The van der Waals surface area contributed by atoms with E-state index in [1.54, 1.807) is 30.1 Å². The number of hydrogen-bond acceptors (Lipinski definition) is 5. The molecule has 3 N–H and O–H groups in total. The third-order valence-electron chi connectivity index (χ3n) is 3.26. The van der Waals surface area contributed by atoms with Crippen molar-refractivity contribution in [3.8, 4) is 0 Å². The molecule has 1 aromatic carbocycles. The lowest BCUT2D eigenvalue weighted by Gasteiger charge is -2.25. The molecule has 1 unspecified atom stereocenters. The van der Waals surface area contributed by atoms with Gasteiger partial charge in [-0.25, -0.2) is 5.84 Å². The molecule has 21 heavy (non-hydrogen) atoms. The van der Waals surface area contributed by atoms with Gasteiger partial charge in [0.05, 0.1) is 6.04 Å². The van der Waals surface area contributed by atoms with Gasteiger partial charge in [-0.1, -0.05) is 23.7 Å². The van der Waals surface area contributed by atoms with E-state index in [4.69, 9.17) is 17.4 Å². The minimum Gasteiger partial charge on any atom is -0.334 e. The minimum atomic E-state index is -0.224. The molecule has 0 saturated carbocycles. The van der Waals surface area contributed by atoms with Gasteiger partial charge in [0.25, 0.3) is 5.91 Å². The summed E-state index contributed by atoms with van der Waals surface area (Å²) in [6, 6.07) is 10.4. The number of anilines is 1. The number of nitrogens with one attached hydrogen (secondary N) is 1. The number of rotatable bonds is 4. The van der Waals surface area contributed by atoms with Crippen LogP contribution in [0.1, 0.15) is 29.0 Å². The number of carbonyl (C=O) groups excluding carboxylic acids is 1. The van der Waals surface area contributed by atoms with Gasteiger partial charge in [-0.15, -0.1) is 10.2 Å². The molecule has 0 saturated heterocycles. The van der Waals surface area contributed by atoms with Gasteiger partial charge >= 0.3 is 0 Å². The van der Waals surface area contributed by atoms with Crippen LogP contribution >= 0.6 is 11.6 Å². The standard InChI is InChI=1S/C14H16ClN5O/c1-9(10-4-3-5-11(15)8-10)20(2)14(21)12-6-7-13(17-16)19-18-12/h3-9H,16H2,1-2H3,(H,17,19). The number of halogens is 1. The van der Waals surface area contributed by atoms with Crippen molar-refractivity contribution in [1.82, 2.24) is 15.1 Å². The summed E-state index contributed by atoms with van der Waals surface area (Å²) in [5, 5.41) is 8.28. The number of aromatic nitrogens is 2. The third kappa shape index (κ3) is 3.48. The molecule has 0 aliphatic carbocycles. The highest BCUT2D eigenvalue weighted by Crippen LogP contribution is 2.23. The largest absolute Gasteiger partial charge is 0.334 e. The highest BCUT2D eigenvalue weighted by atomic mass is 35.5. The van der Waals surface area contributed by atoms with E-state index in [1.165, 1.54) is 0 Å². The van der Waals surface area contributed by atoms with Gasteiger partial charge in [-0.2, -0.15) is 0 Å². The Labute approximate surface area is 127 Å². The van der Waals surface area contributed by atoms with Crippen LogP contribution in [0.2, 0.25) is 5.02 Å². The molecule has 1 amide bonds. The van der Waals surface area contributed by atoms with Crippen LogP contribution in [-0.2, 0) is 0 Å². The summed E-state index contributed by atoms with van der Waals surface area (Å²) in [7, 11) is 1.71. The normalized spacial score (nSPS) is 11.8. The van der Waals surface area contributed by atoms with Gasteiger partial charge in [0.1, 0.15) is 0 Å². The number of amides is 1. The van der Waals surface area contributed by atoms with Crippen molar-refractivity contribution < 1.29 is 4.79 Å². The Balaban J connectivity index is 2.17. The fourth-order valence-corrected chi connectivity index (χ4v) is 2.07. The van der Waals surface area contributed by atoms with E-state index in [-0.39, 0.29) is 17.6 Å². The first-order valence-corrected chi connectivity index (χ1v) is 6.73. The lowest BCUT2D eigenvalue weighted by atomic mass is 10.1. The fourth-order valence-electron chi connectivity index (χ4n) is 1.87. The van der Waals surface area contributed by atoms with Gasteiger partial charge in [0.15, 0.2) is 11.5 Å². The van der Waals surface area contributed by atoms with Gasteiger partial charge in [0.2, 0.25) is 0 Å². The quantitative estimate of drug-likeness (QED) is 0.668. The van der Waals surface area contributed by atoms with Gasteiger partial charge in [0, 0.05) is 12.1 Å². The van der Waals surface area contributed by atoms with Crippen molar-refractivity contribution in [2.45, 2.75) is 13.0 Å². The van der Waals surface area contributed by atoms with Crippen LogP contribution in [-0.4, -0.2) is 28.1 Å². The maximum absolute atomic E-state index is 12.4. The maximum atomic E-state index is 12.4. The Hall–Kier alpha value is -2.18. The van der Waals surface area contributed by atoms with Crippen LogP contribution in [0, 0.1) is 0 Å². The molecule has 110 valence electrons. The number of hydrogen-bond donors (Lipinski definition) is 2. The first kappa shape index (κ1) is 15.2. The average molecular weight is 306 g/mol. The molecule has 6 nitrogen and oxygen atoms in total. The molecule has 7 heteroatoms. The molecule has 1 atom stereocenters. The Morgan fingerprint density at radius 3 is 2.67 bits per heavy atom. The van der Waals surface area contributed by atoms with E-state index in [9.17, 15) is 4.79 Å². The summed E-state index contributed by atoms with van der Waals surface area (Å²) in [4.78, 5) is 14.0. The smallest absolute Gasteiger partial charge is 0.274 e. The summed E-state index contributed by atoms with van der Waals surface area (Å²) < 4.78 is 0. The number of carbonyl (C=O) groups is 1. The molecule has 2 aromatic rings. The van der Waals surface area contributed by atoms with E-state index in [0.717, 1.165) is 5.56 Å². The van der Waals surface area contributed by atoms with Crippen molar-refractivity contribution in [3.63, 3.8) is 0 Å². The SMILES string of the molecule is CC(c1cccc(Cl)c1)N(C)C(=O)c1ccc(NN)nn1. The topological polar surface area (TPSA) is 84.1 Å². The average Bonchev–Trinajstić information content (AvgIpc) is 2.53. The molecule has 0 aliphatic heterocycles. The van der Waals surface area contributed by atoms with Crippen LogP contribution < -0.4 is 11.3 Å². The van der Waals surface area contributed by atoms with Crippen molar-refractivity contribution in [3.05, 3.63) is 52.7 Å². The second-order valence-corrected chi connectivity index (χ2v) is 5.03. The first-order chi connectivity index (χ1) is 10.0. The number of nitrogens with zero attached hydrogens (tertiary/aromatic N) is 3. The summed E-state index contributed by atoms with van der Waals surface area (Å²) in [6.07, 6.45) is 0. The van der Waals surface area contributed by atoms with Crippen LogP contribution in [0.5, 0.6) is 0 Å². The highest BCUT2D eigenvalue weighted by Gasteiger charge is 2.20. The molecule has 0 aliphatic rings. The molecule has 2 rings (SSSR count). The van der Waals surface area contributed by atoms with Crippen LogP contribution in [0.4, 0.5) is 5.82 Å². The predicted octanol–water partition coefficient (Wildman–Crippen LogP) is 2.25. The van der Waals surface area contributed by atoms with Gasteiger partial charge in [-0.05, 0) is 36.8 Å². The Morgan fingerprint density at radius 2 is 2.10 bits per heavy atom. The summed E-state index contributed by atoms with van der Waals surface area (Å²) in [5.41, 5.74) is 3.57. The predicted molar refractivity (Wildman–Crippen MR) is 81.8 cm³/mol. The van der Waals surface area contributed by atoms with E-state index in [1.807, 2.05) is 25.1 Å². The Morgan fingerprint density at radius 1 is 1.33 bits per heavy atom. The molecular formula is C14H16ClN5O. The van der Waals surface area contributed by atoms with Crippen LogP contribution in [0.3, 0.4) is 0 Å². The highest BCUT2D eigenvalue weighted by molar-refractivity contribution is 6.30. The molecular weight excluding hydrogens is 290 g/mol. The van der Waals surface area contributed by atoms with E-state index < -0.39 is 0 Å². The van der Waals surface area contributed by atoms with E-state index in [0.29, 0.717) is 10.8 Å². The zero-order chi connectivity index (χ0) is 15.4. The molecule has 0 spiro atoms. The molecule has 0 fully saturated rings. The van der Waals surface area contributed by atoms with Gasteiger partial charge in [-0.3, -0.25) is 4.79 Å². The fraction of sp³-hybridized carbons (Fsp3) is 0.214. The number of benzene rings is 1.